The van der Waals surface area contributed by atoms with E-state index in [1.54, 1.807) is 12.1 Å². The van der Waals surface area contributed by atoms with Crippen LogP contribution in [0.5, 0.6) is 5.75 Å². The normalized spacial score (nSPS) is 11.7. The molecule has 118 valence electrons. The van der Waals surface area contributed by atoms with Crippen LogP contribution >= 0.6 is 0 Å². The molecule has 0 saturated carbocycles. The summed E-state index contributed by atoms with van der Waals surface area (Å²) < 4.78 is 5.61. The molecule has 0 aliphatic rings. The Morgan fingerprint density at radius 1 is 1.33 bits per heavy atom. The first-order chi connectivity index (χ1) is 9.69. The fraction of sp³-hybridized carbons (Fsp3) is 0.625. The first-order valence-electron chi connectivity index (χ1n) is 7.34. The predicted molar refractivity (Wildman–Crippen MR) is 84.6 cm³/mol. The van der Waals surface area contributed by atoms with E-state index in [-0.39, 0.29) is 11.2 Å². The molecule has 0 bridgehead atoms. The zero-order valence-corrected chi connectivity index (χ0v) is 13.6. The SMILES string of the molecule is CC(C)CCOc1cc(CNC(C)(C)C)ccc1[N+](=O)[O-]. The van der Waals surface area contributed by atoms with Gasteiger partial charge in [0.25, 0.3) is 0 Å². The summed E-state index contributed by atoms with van der Waals surface area (Å²) in [4.78, 5) is 10.7. The van der Waals surface area contributed by atoms with Gasteiger partial charge in [0, 0.05) is 18.2 Å². The fourth-order valence-electron chi connectivity index (χ4n) is 1.71. The predicted octanol–water partition coefficient (Wildman–Crippen LogP) is 3.91. The Labute approximate surface area is 126 Å². The van der Waals surface area contributed by atoms with Crippen LogP contribution in [0.1, 0.15) is 46.6 Å². The maximum absolute atomic E-state index is 11.1. The van der Waals surface area contributed by atoms with Crippen LogP contribution < -0.4 is 10.1 Å². The Kier molecular flexibility index (Phi) is 6.15. The van der Waals surface area contributed by atoms with E-state index >= 15 is 0 Å². The number of benzene rings is 1. The van der Waals surface area contributed by atoms with Crippen LogP contribution in [0.2, 0.25) is 0 Å². The van der Waals surface area contributed by atoms with Gasteiger partial charge in [-0.3, -0.25) is 10.1 Å². The summed E-state index contributed by atoms with van der Waals surface area (Å²) in [6.07, 6.45) is 0.877. The van der Waals surface area contributed by atoms with Gasteiger partial charge in [-0.2, -0.15) is 0 Å². The number of nitro groups is 1. The van der Waals surface area contributed by atoms with E-state index in [1.807, 2.05) is 0 Å². The molecule has 0 unspecified atom stereocenters. The molecule has 1 aromatic rings. The molecule has 1 aromatic carbocycles. The third kappa shape index (κ3) is 6.58. The molecule has 5 heteroatoms. The average molecular weight is 294 g/mol. The summed E-state index contributed by atoms with van der Waals surface area (Å²) in [7, 11) is 0. The largest absolute Gasteiger partial charge is 0.487 e. The van der Waals surface area contributed by atoms with Crippen molar-refractivity contribution in [2.24, 2.45) is 5.92 Å². The minimum atomic E-state index is -0.397. The second-order valence-electron chi connectivity index (χ2n) is 6.69. The van der Waals surface area contributed by atoms with Gasteiger partial charge in [-0.1, -0.05) is 19.9 Å². The fourth-order valence-corrected chi connectivity index (χ4v) is 1.71. The van der Waals surface area contributed by atoms with Gasteiger partial charge in [-0.15, -0.1) is 0 Å². The smallest absolute Gasteiger partial charge is 0.310 e. The van der Waals surface area contributed by atoms with Crippen molar-refractivity contribution < 1.29 is 9.66 Å². The zero-order valence-electron chi connectivity index (χ0n) is 13.6. The molecular weight excluding hydrogens is 268 g/mol. The summed E-state index contributed by atoms with van der Waals surface area (Å²) in [6.45, 7) is 11.6. The Balaban J connectivity index is 2.82. The Morgan fingerprint density at radius 3 is 2.52 bits per heavy atom. The van der Waals surface area contributed by atoms with E-state index in [0.717, 1.165) is 12.0 Å². The van der Waals surface area contributed by atoms with Gasteiger partial charge in [0.2, 0.25) is 0 Å². The molecule has 1 N–H and O–H groups in total. The topological polar surface area (TPSA) is 64.4 Å². The highest BCUT2D eigenvalue weighted by atomic mass is 16.6. The van der Waals surface area contributed by atoms with E-state index in [0.29, 0.717) is 24.8 Å². The lowest BCUT2D eigenvalue weighted by Crippen LogP contribution is -2.35. The highest BCUT2D eigenvalue weighted by molar-refractivity contribution is 5.48. The van der Waals surface area contributed by atoms with Crippen molar-refractivity contribution in [2.75, 3.05) is 6.61 Å². The third-order valence-corrected chi connectivity index (χ3v) is 3.00. The van der Waals surface area contributed by atoms with Gasteiger partial charge >= 0.3 is 5.69 Å². The molecule has 0 fully saturated rings. The molecular formula is C16H26N2O3. The average Bonchev–Trinajstić information content (AvgIpc) is 2.35. The molecule has 0 aromatic heterocycles. The first kappa shape index (κ1) is 17.4. The van der Waals surface area contributed by atoms with E-state index in [1.165, 1.54) is 6.07 Å². The molecule has 0 radical (unpaired) electrons. The molecule has 5 nitrogen and oxygen atoms in total. The van der Waals surface area contributed by atoms with Gasteiger partial charge in [0.05, 0.1) is 11.5 Å². The van der Waals surface area contributed by atoms with Gasteiger partial charge in [0.1, 0.15) is 0 Å². The molecule has 0 atom stereocenters. The van der Waals surface area contributed by atoms with Crippen molar-refractivity contribution in [3.63, 3.8) is 0 Å². The number of hydrogen-bond donors (Lipinski definition) is 1. The maximum Gasteiger partial charge on any atom is 0.310 e. The monoisotopic (exact) mass is 294 g/mol. The van der Waals surface area contributed by atoms with Crippen molar-refractivity contribution in [1.82, 2.24) is 5.32 Å². The molecule has 0 aliphatic heterocycles. The minimum Gasteiger partial charge on any atom is -0.487 e. The second-order valence-corrected chi connectivity index (χ2v) is 6.69. The van der Waals surface area contributed by atoms with Crippen molar-refractivity contribution in [3.8, 4) is 5.75 Å². The van der Waals surface area contributed by atoms with E-state index < -0.39 is 4.92 Å². The summed E-state index contributed by atoms with van der Waals surface area (Å²) in [6, 6.07) is 5.05. The third-order valence-electron chi connectivity index (χ3n) is 3.00. The highest BCUT2D eigenvalue weighted by Crippen LogP contribution is 2.28. The van der Waals surface area contributed by atoms with Gasteiger partial charge in [-0.05, 0) is 44.7 Å². The van der Waals surface area contributed by atoms with E-state index in [2.05, 4.69) is 39.9 Å². The lowest BCUT2D eigenvalue weighted by Gasteiger charge is -2.20. The van der Waals surface area contributed by atoms with E-state index in [9.17, 15) is 10.1 Å². The number of nitrogens with one attached hydrogen (secondary N) is 1. The minimum absolute atomic E-state index is 0.000435. The number of nitrogens with zero attached hydrogens (tertiary/aromatic N) is 1. The molecule has 21 heavy (non-hydrogen) atoms. The van der Waals surface area contributed by atoms with Gasteiger partial charge in [-0.25, -0.2) is 0 Å². The molecule has 0 heterocycles. The number of hydrogen-bond acceptors (Lipinski definition) is 4. The first-order valence-corrected chi connectivity index (χ1v) is 7.34. The maximum atomic E-state index is 11.1. The van der Waals surface area contributed by atoms with Gasteiger partial charge < -0.3 is 10.1 Å². The summed E-state index contributed by atoms with van der Waals surface area (Å²) in [5, 5.41) is 14.4. The van der Waals surface area contributed by atoms with Crippen LogP contribution in [-0.4, -0.2) is 17.1 Å². The Hall–Kier alpha value is -1.62. The van der Waals surface area contributed by atoms with Crippen molar-refractivity contribution in [1.29, 1.82) is 0 Å². The molecule has 0 aliphatic carbocycles. The van der Waals surface area contributed by atoms with Crippen LogP contribution in [-0.2, 0) is 6.54 Å². The zero-order chi connectivity index (χ0) is 16.0. The van der Waals surface area contributed by atoms with E-state index in [4.69, 9.17) is 4.74 Å². The summed E-state index contributed by atoms with van der Waals surface area (Å²) in [5.74, 6) is 0.864. The lowest BCUT2D eigenvalue weighted by atomic mass is 10.1. The number of rotatable bonds is 7. The van der Waals surface area contributed by atoms with Crippen molar-refractivity contribution in [2.45, 2.75) is 53.1 Å². The van der Waals surface area contributed by atoms with Gasteiger partial charge in [0.15, 0.2) is 5.75 Å². The van der Waals surface area contributed by atoms with Crippen LogP contribution in [0.4, 0.5) is 5.69 Å². The molecule has 1 rings (SSSR count). The number of ether oxygens (including phenoxy) is 1. The van der Waals surface area contributed by atoms with Crippen molar-refractivity contribution >= 4 is 5.69 Å². The molecule has 0 saturated heterocycles. The quantitative estimate of drug-likeness (QED) is 0.611. The number of nitro benzene ring substituents is 1. The van der Waals surface area contributed by atoms with Crippen molar-refractivity contribution in [3.05, 3.63) is 33.9 Å². The Morgan fingerprint density at radius 2 is 2.00 bits per heavy atom. The lowest BCUT2D eigenvalue weighted by molar-refractivity contribution is -0.385. The Bertz CT molecular complexity index is 479. The van der Waals surface area contributed by atoms with Crippen LogP contribution in [0.15, 0.2) is 18.2 Å². The second kappa shape index (κ2) is 7.41. The van der Waals surface area contributed by atoms with Crippen LogP contribution in [0.25, 0.3) is 0 Å². The standard InChI is InChI=1S/C16H26N2O3/c1-12(2)8-9-21-15-10-13(11-17-16(3,4)5)6-7-14(15)18(19)20/h6-7,10,12,17H,8-9,11H2,1-5H3. The summed E-state index contributed by atoms with van der Waals surface area (Å²) >= 11 is 0. The van der Waals surface area contributed by atoms with Crippen LogP contribution in [0.3, 0.4) is 0 Å². The van der Waals surface area contributed by atoms with Crippen LogP contribution in [0, 0.1) is 16.0 Å². The highest BCUT2D eigenvalue weighted by Gasteiger charge is 2.16. The molecule has 0 spiro atoms. The molecule has 0 amide bonds. The summed E-state index contributed by atoms with van der Waals surface area (Å²) in [5.41, 5.74) is 1.01.